The summed E-state index contributed by atoms with van der Waals surface area (Å²) in [6, 6.07) is 15.2. The second-order valence-electron chi connectivity index (χ2n) is 4.20. The molecule has 0 atom stereocenters. The van der Waals surface area contributed by atoms with Crippen LogP contribution in [0.15, 0.2) is 53.3 Å². The Balaban J connectivity index is 2.06. The molecule has 0 bridgehead atoms. The smallest absolute Gasteiger partial charge is 0.141 e. The lowest BCUT2D eigenvalue weighted by molar-refractivity contribution is 1.22. The van der Waals surface area contributed by atoms with Crippen LogP contribution < -0.4 is 5.32 Å². The van der Waals surface area contributed by atoms with E-state index in [4.69, 9.17) is 5.26 Å². The molecule has 5 heteroatoms. The van der Waals surface area contributed by atoms with Crippen molar-refractivity contribution in [3.8, 4) is 6.07 Å². The predicted octanol–water partition coefficient (Wildman–Crippen LogP) is 4.01. The molecule has 0 unspecified atom stereocenters. The summed E-state index contributed by atoms with van der Waals surface area (Å²) in [5.74, 6) is 0.714. The molecule has 3 rings (SSSR count). The Labute approximate surface area is 124 Å². The number of hydrogen-bond acceptors (Lipinski definition) is 4. The monoisotopic (exact) mass is 324 g/mol. The Morgan fingerprint density at radius 3 is 2.85 bits per heavy atom. The van der Waals surface area contributed by atoms with Gasteiger partial charge in [0, 0.05) is 15.5 Å². The van der Waals surface area contributed by atoms with E-state index in [1.54, 1.807) is 12.1 Å². The third kappa shape index (κ3) is 2.46. The first-order chi connectivity index (χ1) is 9.76. The van der Waals surface area contributed by atoms with Gasteiger partial charge in [-0.05, 0) is 36.4 Å². The van der Waals surface area contributed by atoms with Crippen LogP contribution in [0.1, 0.15) is 5.56 Å². The Hall–Kier alpha value is -2.45. The number of rotatable bonds is 2. The first kappa shape index (κ1) is 12.6. The van der Waals surface area contributed by atoms with Gasteiger partial charge in [-0.15, -0.1) is 0 Å². The van der Waals surface area contributed by atoms with E-state index in [0.717, 1.165) is 21.1 Å². The van der Waals surface area contributed by atoms with Crippen LogP contribution in [-0.4, -0.2) is 9.97 Å². The van der Waals surface area contributed by atoms with Crippen LogP contribution in [0.5, 0.6) is 0 Å². The molecular weight excluding hydrogens is 316 g/mol. The third-order valence-electron chi connectivity index (χ3n) is 2.85. The van der Waals surface area contributed by atoms with Crippen molar-refractivity contribution in [1.29, 1.82) is 5.26 Å². The SMILES string of the molecule is N#Cc1cccc(Nc2ncnc3ccc(Br)cc23)c1. The minimum atomic E-state index is 0.606. The fourth-order valence-electron chi connectivity index (χ4n) is 1.93. The molecule has 0 aliphatic carbocycles. The zero-order valence-corrected chi connectivity index (χ0v) is 11.9. The minimum absolute atomic E-state index is 0.606. The summed E-state index contributed by atoms with van der Waals surface area (Å²) in [7, 11) is 0. The van der Waals surface area contributed by atoms with Crippen molar-refractivity contribution >= 4 is 38.3 Å². The second-order valence-corrected chi connectivity index (χ2v) is 5.12. The number of fused-ring (bicyclic) bond motifs is 1. The van der Waals surface area contributed by atoms with Crippen molar-refractivity contribution in [2.75, 3.05) is 5.32 Å². The van der Waals surface area contributed by atoms with Gasteiger partial charge in [0.05, 0.1) is 17.1 Å². The molecule has 0 aliphatic rings. The molecule has 2 aromatic carbocycles. The molecule has 1 aromatic heterocycles. The van der Waals surface area contributed by atoms with Crippen LogP contribution in [0, 0.1) is 11.3 Å². The van der Waals surface area contributed by atoms with E-state index in [9.17, 15) is 0 Å². The van der Waals surface area contributed by atoms with Crippen LogP contribution in [0.25, 0.3) is 10.9 Å². The predicted molar refractivity (Wildman–Crippen MR) is 81.7 cm³/mol. The molecule has 0 amide bonds. The van der Waals surface area contributed by atoms with Gasteiger partial charge in [0.25, 0.3) is 0 Å². The molecule has 0 radical (unpaired) electrons. The largest absolute Gasteiger partial charge is 0.340 e. The van der Waals surface area contributed by atoms with E-state index in [1.807, 2.05) is 30.3 Å². The lowest BCUT2D eigenvalue weighted by Crippen LogP contribution is -1.96. The fraction of sp³-hybridized carbons (Fsp3) is 0. The van der Waals surface area contributed by atoms with Gasteiger partial charge in [-0.1, -0.05) is 22.0 Å². The van der Waals surface area contributed by atoms with Gasteiger partial charge >= 0.3 is 0 Å². The van der Waals surface area contributed by atoms with E-state index in [1.165, 1.54) is 6.33 Å². The van der Waals surface area contributed by atoms with Crippen LogP contribution in [0.2, 0.25) is 0 Å². The topological polar surface area (TPSA) is 61.6 Å². The highest BCUT2D eigenvalue weighted by atomic mass is 79.9. The number of nitrogens with zero attached hydrogens (tertiary/aromatic N) is 3. The Kier molecular flexibility index (Phi) is 3.32. The van der Waals surface area contributed by atoms with Gasteiger partial charge < -0.3 is 5.32 Å². The van der Waals surface area contributed by atoms with Gasteiger partial charge in [-0.3, -0.25) is 0 Å². The third-order valence-corrected chi connectivity index (χ3v) is 3.35. The first-order valence-electron chi connectivity index (χ1n) is 5.94. The standard InChI is InChI=1S/C15H9BrN4/c16-11-4-5-14-13(7-11)15(19-9-18-14)20-12-3-1-2-10(6-12)8-17/h1-7,9H,(H,18,19,20). The normalized spacial score (nSPS) is 10.2. The highest BCUT2D eigenvalue weighted by molar-refractivity contribution is 9.10. The van der Waals surface area contributed by atoms with Gasteiger partial charge in [-0.2, -0.15) is 5.26 Å². The van der Waals surface area contributed by atoms with Gasteiger partial charge in [0.15, 0.2) is 0 Å². The fourth-order valence-corrected chi connectivity index (χ4v) is 2.29. The van der Waals surface area contributed by atoms with E-state index in [0.29, 0.717) is 11.4 Å². The van der Waals surface area contributed by atoms with E-state index in [-0.39, 0.29) is 0 Å². The van der Waals surface area contributed by atoms with Crippen molar-refractivity contribution in [2.24, 2.45) is 0 Å². The number of halogens is 1. The molecule has 0 saturated heterocycles. The molecule has 1 N–H and O–H groups in total. The zero-order valence-electron chi connectivity index (χ0n) is 10.3. The van der Waals surface area contributed by atoms with Crippen LogP contribution in [0.4, 0.5) is 11.5 Å². The van der Waals surface area contributed by atoms with Gasteiger partial charge in [0.1, 0.15) is 12.1 Å². The summed E-state index contributed by atoms with van der Waals surface area (Å²) in [5.41, 5.74) is 2.29. The Bertz CT molecular complexity index is 823. The quantitative estimate of drug-likeness (QED) is 0.773. The molecule has 96 valence electrons. The van der Waals surface area contributed by atoms with E-state index < -0.39 is 0 Å². The average Bonchev–Trinajstić information content (AvgIpc) is 2.48. The molecule has 0 saturated carbocycles. The maximum Gasteiger partial charge on any atom is 0.141 e. The maximum atomic E-state index is 8.93. The van der Waals surface area contributed by atoms with Crippen molar-refractivity contribution in [1.82, 2.24) is 9.97 Å². The first-order valence-corrected chi connectivity index (χ1v) is 6.73. The molecule has 3 aromatic rings. The number of nitriles is 1. The van der Waals surface area contributed by atoms with Crippen LogP contribution in [0.3, 0.4) is 0 Å². The van der Waals surface area contributed by atoms with Crippen molar-refractivity contribution in [3.63, 3.8) is 0 Å². The highest BCUT2D eigenvalue weighted by Crippen LogP contribution is 2.26. The minimum Gasteiger partial charge on any atom is -0.340 e. The molecule has 20 heavy (non-hydrogen) atoms. The molecule has 4 nitrogen and oxygen atoms in total. The summed E-state index contributed by atoms with van der Waals surface area (Å²) in [6.45, 7) is 0. The van der Waals surface area contributed by atoms with Crippen molar-refractivity contribution in [2.45, 2.75) is 0 Å². The van der Waals surface area contributed by atoms with Crippen LogP contribution in [-0.2, 0) is 0 Å². The summed E-state index contributed by atoms with van der Waals surface area (Å²) >= 11 is 3.45. The molecule has 1 heterocycles. The molecule has 0 fully saturated rings. The Morgan fingerprint density at radius 2 is 2.00 bits per heavy atom. The van der Waals surface area contributed by atoms with Crippen molar-refractivity contribution in [3.05, 3.63) is 58.8 Å². The average molecular weight is 325 g/mol. The lowest BCUT2D eigenvalue weighted by atomic mass is 10.2. The van der Waals surface area contributed by atoms with Gasteiger partial charge in [-0.25, -0.2) is 9.97 Å². The number of nitrogens with one attached hydrogen (secondary N) is 1. The van der Waals surface area contributed by atoms with Crippen molar-refractivity contribution < 1.29 is 0 Å². The summed E-state index contributed by atoms with van der Waals surface area (Å²) in [5, 5.41) is 13.1. The number of benzene rings is 2. The number of aromatic nitrogens is 2. The molecule has 0 spiro atoms. The number of hydrogen-bond donors (Lipinski definition) is 1. The number of anilines is 2. The second kappa shape index (κ2) is 5.27. The summed E-state index contributed by atoms with van der Waals surface area (Å²) in [4.78, 5) is 8.51. The summed E-state index contributed by atoms with van der Waals surface area (Å²) in [6.07, 6.45) is 1.52. The van der Waals surface area contributed by atoms with E-state index in [2.05, 4.69) is 37.3 Å². The maximum absolute atomic E-state index is 8.93. The van der Waals surface area contributed by atoms with Gasteiger partial charge in [0.2, 0.25) is 0 Å². The molecule has 0 aliphatic heterocycles. The van der Waals surface area contributed by atoms with Crippen LogP contribution >= 0.6 is 15.9 Å². The molecular formula is C15H9BrN4. The summed E-state index contributed by atoms with van der Waals surface area (Å²) < 4.78 is 0.966. The highest BCUT2D eigenvalue weighted by Gasteiger charge is 2.05. The zero-order chi connectivity index (χ0) is 13.9. The lowest BCUT2D eigenvalue weighted by Gasteiger charge is -2.08. The van der Waals surface area contributed by atoms with E-state index >= 15 is 0 Å². The Morgan fingerprint density at radius 1 is 1.10 bits per heavy atom.